The van der Waals surface area contributed by atoms with Gasteiger partial charge in [0.15, 0.2) is 0 Å². The molecule has 0 aliphatic rings. The molecule has 0 fully saturated rings. The zero-order chi connectivity index (χ0) is 11.2. The average molecular weight is 201 g/mol. The highest BCUT2D eigenvalue weighted by molar-refractivity contribution is 5.81. The minimum Gasteiger partial charge on any atom is -0.463 e. The van der Waals surface area contributed by atoms with Gasteiger partial charge in [-0.15, -0.1) is 0 Å². The largest absolute Gasteiger partial charge is 0.463 e. The number of hydrogen-bond donors (Lipinski definition) is 1. The monoisotopic (exact) mass is 201 g/mol. The molecular formula is C11H23NO2. The minimum absolute atomic E-state index is 0.318. The Balaban J connectivity index is 0. The lowest BCUT2D eigenvalue weighted by Gasteiger charge is -1.99. The number of nitrogens with two attached hydrogens (primary N) is 1. The Kier molecular flexibility index (Phi) is 16.4. The van der Waals surface area contributed by atoms with Crippen molar-refractivity contribution in [2.75, 3.05) is 13.2 Å². The van der Waals surface area contributed by atoms with Crippen molar-refractivity contribution in [2.45, 2.75) is 39.5 Å². The van der Waals surface area contributed by atoms with Crippen molar-refractivity contribution in [3.63, 3.8) is 0 Å². The first-order valence-electron chi connectivity index (χ1n) is 5.22. The van der Waals surface area contributed by atoms with Gasteiger partial charge in [0.2, 0.25) is 0 Å². The number of hydrogen-bond acceptors (Lipinski definition) is 3. The van der Waals surface area contributed by atoms with Gasteiger partial charge in [-0.2, -0.15) is 0 Å². The molecule has 0 spiro atoms. The van der Waals surface area contributed by atoms with Gasteiger partial charge in [0.05, 0.1) is 6.61 Å². The van der Waals surface area contributed by atoms with E-state index in [-0.39, 0.29) is 5.97 Å². The third-order valence-electron chi connectivity index (χ3n) is 1.41. The van der Waals surface area contributed by atoms with Crippen LogP contribution in [0.2, 0.25) is 0 Å². The first kappa shape index (κ1) is 15.6. The number of ether oxygens (including phenoxy) is 1. The fourth-order valence-electron chi connectivity index (χ4n) is 0.761. The number of esters is 1. The number of unbranched alkanes of at least 4 members (excludes halogenated alkanes) is 3. The van der Waals surface area contributed by atoms with Gasteiger partial charge in [0, 0.05) is 6.08 Å². The van der Waals surface area contributed by atoms with Crippen LogP contribution in [0.25, 0.3) is 0 Å². The van der Waals surface area contributed by atoms with Crippen LogP contribution in [0.1, 0.15) is 39.5 Å². The van der Waals surface area contributed by atoms with Crippen LogP contribution in [0.3, 0.4) is 0 Å². The molecule has 0 heterocycles. The molecule has 3 heteroatoms. The van der Waals surface area contributed by atoms with Gasteiger partial charge in [-0.3, -0.25) is 0 Å². The van der Waals surface area contributed by atoms with E-state index in [2.05, 4.69) is 13.5 Å². The standard InChI is InChI=1S/C9H16O2.C2H7N/c1-3-5-6-7-8-11-9(10)4-2;1-2-3/h4H,2-3,5-8H2,1H3;2-3H2,1H3. The molecule has 0 aliphatic heterocycles. The Morgan fingerprint density at radius 2 is 1.93 bits per heavy atom. The third kappa shape index (κ3) is 17.3. The summed E-state index contributed by atoms with van der Waals surface area (Å²) in [5, 5.41) is 0. The lowest BCUT2D eigenvalue weighted by molar-refractivity contribution is -0.137. The van der Waals surface area contributed by atoms with Gasteiger partial charge < -0.3 is 10.5 Å². The van der Waals surface area contributed by atoms with E-state index < -0.39 is 0 Å². The van der Waals surface area contributed by atoms with Gasteiger partial charge in [-0.05, 0) is 13.0 Å². The molecule has 0 aromatic heterocycles. The van der Waals surface area contributed by atoms with E-state index in [4.69, 9.17) is 10.5 Å². The fourth-order valence-corrected chi connectivity index (χ4v) is 0.761. The molecule has 0 bridgehead atoms. The topological polar surface area (TPSA) is 52.3 Å². The van der Waals surface area contributed by atoms with Crippen LogP contribution < -0.4 is 5.73 Å². The second-order valence-electron chi connectivity index (χ2n) is 2.84. The van der Waals surface area contributed by atoms with E-state index in [1.54, 1.807) is 0 Å². The van der Waals surface area contributed by atoms with E-state index in [0.29, 0.717) is 6.61 Å². The highest BCUT2D eigenvalue weighted by atomic mass is 16.5. The molecule has 0 aromatic rings. The highest BCUT2D eigenvalue weighted by Gasteiger charge is 1.93. The van der Waals surface area contributed by atoms with Crippen molar-refractivity contribution in [3.8, 4) is 0 Å². The first-order chi connectivity index (χ1) is 6.72. The van der Waals surface area contributed by atoms with Gasteiger partial charge in [-0.25, -0.2) is 4.79 Å². The van der Waals surface area contributed by atoms with Crippen molar-refractivity contribution in [3.05, 3.63) is 12.7 Å². The van der Waals surface area contributed by atoms with E-state index in [9.17, 15) is 4.79 Å². The predicted octanol–water partition coefficient (Wildman–Crippen LogP) is 2.26. The molecule has 0 aromatic carbocycles. The smallest absolute Gasteiger partial charge is 0.330 e. The van der Waals surface area contributed by atoms with Crippen LogP contribution in [-0.4, -0.2) is 19.1 Å². The van der Waals surface area contributed by atoms with Crippen LogP contribution in [0.5, 0.6) is 0 Å². The molecule has 84 valence electrons. The molecule has 0 saturated carbocycles. The Morgan fingerprint density at radius 1 is 1.36 bits per heavy atom. The van der Waals surface area contributed by atoms with Crippen molar-refractivity contribution < 1.29 is 9.53 Å². The van der Waals surface area contributed by atoms with Gasteiger partial charge >= 0.3 is 5.97 Å². The predicted molar refractivity (Wildman–Crippen MR) is 60.0 cm³/mol. The van der Waals surface area contributed by atoms with Crippen LogP contribution in [0, 0.1) is 0 Å². The molecule has 0 amide bonds. The van der Waals surface area contributed by atoms with Crippen molar-refractivity contribution >= 4 is 5.97 Å². The van der Waals surface area contributed by atoms with Crippen molar-refractivity contribution in [1.29, 1.82) is 0 Å². The van der Waals surface area contributed by atoms with Gasteiger partial charge in [0.1, 0.15) is 0 Å². The fraction of sp³-hybridized carbons (Fsp3) is 0.727. The maximum Gasteiger partial charge on any atom is 0.330 e. The molecule has 0 radical (unpaired) electrons. The summed E-state index contributed by atoms with van der Waals surface area (Å²) in [4.78, 5) is 10.5. The Hall–Kier alpha value is -0.830. The summed E-state index contributed by atoms with van der Waals surface area (Å²) in [7, 11) is 0. The summed E-state index contributed by atoms with van der Waals surface area (Å²) in [6.07, 6.45) is 5.72. The quantitative estimate of drug-likeness (QED) is 0.407. The summed E-state index contributed by atoms with van der Waals surface area (Å²) in [5.74, 6) is -0.318. The van der Waals surface area contributed by atoms with Crippen LogP contribution in [0.4, 0.5) is 0 Å². The summed E-state index contributed by atoms with van der Waals surface area (Å²) in [5.41, 5.74) is 4.85. The lowest BCUT2D eigenvalue weighted by Crippen LogP contribution is -2.01. The molecule has 0 rings (SSSR count). The maximum absolute atomic E-state index is 10.5. The molecule has 0 unspecified atom stereocenters. The molecule has 3 nitrogen and oxygen atoms in total. The van der Waals surface area contributed by atoms with E-state index in [0.717, 1.165) is 19.4 Å². The molecule has 0 saturated heterocycles. The summed E-state index contributed by atoms with van der Waals surface area (Å²) < 4.78 is 4.78. The zero-order valence-electron chi connectivity index (χ0n) is 9.42. The average Bonchev–Trinajstić information content (AvgIpc) is 2.18. The molecule has 0 aliphatic carbocycles. The summed E-state index contributed by atoms with van der Waals surface area (Å²) in [6, 6.07) is 0. The van der Waals surface area contributed by atoms with E-state index in [1.165, 1.54) is 18.9 Å². The minimum atomic E-state index is -0.318. The Morgan fingerprint density at radius 3 is 2.36 bits per heavy atom. The number of carbonyl (C=O) groups excluding carboxylic acids is 1. The summed E-state index contributed by atoms with van der Waals surface area (Å²) in [6.45, 7) is 8.64. The zero-order valence-corrected chi connectivity index (χ0v) is 9.42. The molecule has 0 atom stereocenters. The van der Waals surface area contributed by atoms with Crippen LogP contribution >= 0.6 is 0 Å². The first-order valence-corrected chi connectivity index (χ1v) is 5.22. The highest BCUT2D eigenvalue weighted by Crippen LogP contribution is 1.98. The summed E-state index contributed by atoms with van der Waals surface area (Å²) >= 11 is 0. The third-order valence-corrected chi connectivity index (χ3v) is 1.41. The molecule has 14 heavy (non-hydrogen) atoms. The Labute approximate surface area is 87.3 Å². The van der Waals surface area contributed by atoms with E-state index >= 15 is 0 Å². The maximum atomic E-state index is 10.5. The molecule has 2 N–H and O–H groups in total. The van der Waals surface area contributed by atoms with Gasteiger partial charge in [0.25, 0.3) is 0 Å². The number of rotatable bonds is 6. The van der Waals surface area contributed by atoms with Crippen LogP contribution in [-0.2, 0) is 9.53 Å². The van der Waals surface area contributed by atoms with E-state index in [1.807, 2.05) is 6.92 Å². The lowest BCUT2D eigenvalue weighted by atomic mass is 10.2. The van der Waals surface area contributed by atoms with Crippen molar-refractivity contribution in [2.24, 2.45) is 5.73 Å². The molecular weight excluding hydrogens is 178 g/mol. The van der Waals surface area contributed by atoms with Crippen LogP contribution in [0.15, 0.2) is 12.7 Å². The second kappa shape index (κ2) is 14.7. The Bertz CT molecular complexity index is 135. The second-order valence-corrected chi connectivity index (χ2v) is 2.84. The van der Waals surface area contributed by atoms with Crippen molar-refractivity contribution in [1.82, 2.24) is 0 Å². The number of carbonyl (C=O) groups is 1. The SMILES string of the molecule is C=CC(=O)OCCCCCC.CCN. The normalized spacial score (nSPS) is 8.50. The van der Waals surface area contributed by atoms with Gasteiger partial charge in [-0.1, -0.05) is 39.7 Å².